The molecule has 1 heterocycles. The quantitative estimate of drug-likeness (QED) is 0.411. The van der Waals surface area contributed by atoms with Gasteiger partial charge in [-0.2, -0.15) is 0 Å². The molecule has 0 aliphatic rings. The predicted octanol–water partition coefficient (Wildman–Crippen LogP) is 4.32. The summed E-state index contributed by atoms with van der Waals surface area (Å²) in [5.41, 5.74) is 8.69. The molecule has 0 aliphatic heterocycles. The van der Waals surface area contributed by atoms with Crippen molar-refractivity contribution in [3.05, 3.63) is 71.4 Å². The van der Waals surface area contributed by atoms with E-state index in [9.17, 15) is 8.78 Å². The average molecular weight is 298 g/mol. The minimum absolute atomic E-state index is 0.112. The van der Waals surface area contributed by atoms with E-state index < -0.39 is 11.6 Å². The second kappa shape index (κ2) is 5.48. The smallest absolute Gasteiger partial charge is 0.173 e. The van der Waals surface area contributed by atoms with Crippen molar-refractivity contribution in [2.45, 2.75) is 6.54 Å². The van der Waals surface area contributed by atoms with E-state index in [2.05, 4.69) is 5.11 Å². The number of rotatable bonds is 3. The number of nitrogens with zero attached hydrogens (tertiary/aromatic N) is 2. The van der Waals surface area contributed by atoms with Crippen molar-refractivity contribution in [2.75, 3.05) is 0 Å². The molecule has 0 bridgehead atoms. The fraction of sp³-hybridized carbons (Fsp3) is 0.0625. The first-order valence-corrected chi connectivity index (χ1v) is 6.57. The number of benzene rings is 2. The fourth-order valence-corrected chi connectivity index (χ4v) is 2.38. The maximum absolute atomic E-state index is 13.7. The molecule has 2 aromatic carbocycles. The number of aromatic nitrogens is 1. The fourth-order valence-electron chi connectivity index (χ4n) is 2.38. The Morgan fingerprint density at radius 1 is 1.09 bits per heavy atom. The third kappa shape index (κ3) is 2.50. The van der Waals surface area contributed by atoms with Crippen LogP contribution in [0.25, 0.3) is 10.9 Å². The zero-order chi connectivity index (χ0) is 15.7. The molecule has 3 rings (SSSR count). The molecule has 0 saturated heterocycles. The molecule has 2 N–H and O–H groups in total. The normalized spacial score (nSPS) is 10.8. The number of hydrogen-bond donors (Lipinski definition) is 2. The van der Waals surface area contributed by atoms with Crippen LogP contribution >= 0.6 is 0 Å². The summed E-state index contributed by atoms with van der Waals surface area (Å²) in [7, 11) is 0. The summed E-state index contributed by atoms with van der Waals surface area (Å²) in [5, 5.41) is 11.5. The van der Waals surface area contributed by atoms with Crippen LogP contribution in [0.3, 0.4) is 0 Å². The second-order valence-electron chi connectivity index (χ2n) is 4.91. The van der Waals surface area contributed by atoms with Crippen LogP contribution in [-0.4, -0.2) is 10.4 Å². The van der Waals surface area contributed by atoms with E-state index in [-0.39, 0.29) is 12.4 Å². The van der Waals surface area contributed by atoms with Crippen LogP contribution in [0.1, 0.15) is 11.1 Å². The molecule has 0 unspecified atom stereocenters. The Kier molecular flexibility index (Phi) is 3.50. The minimum Gasteiger partial charge on any atom is -0.343 e. The highest BCUT2D eigenvalue weighted by atomic mass is 19.1. The summed E-state index contributed by atoms with van der Waals surface area (Å²) in [6, 6.07) is 10.6. The SMILES string of the molecule is N=NC(=N)c1ccc2c(ccn2Cc2ccc(F)cc2F)c1. The molecule has 4 nitrogen and oxygen atoms in total. The summed E-state index contributed by atoms with van der Waals surface area (Å²) in [4.78, 5) is 0. The highest BCUT2D eigenvalue weighted by Crippen LogP contribution is 2.20. The summed E-state index contributed by atoms with van der Waals surface area (Å²) >= 11 is 0. The van der Waals surface area contributed by atoms with Crippen molar-refractivity contribution in [3.8, 4) is 0 Å². The van der Waals surface area contributed by atoms with Crippen molar-refractivity contribution in [1.29, 1.82) is 10.9 Å². The predicted molar refractivity (Wildman–Crippen MR) is 79.4 cm³/mol. The molecule has 3 aromatic rings. The van der Waals surface area contributed by atoms with Crippen LogP contribution in [-0.2, 0) is 6.54 Å². The molecule has 6 heteroatoms. The van der Waals surface area contributed by atoms with Gasteiger partial charge in [-0.3, -0.25) is 5.41 Å². The van der Waals surface area contributed by atoms with Crippen LogP contribution in [0, 0.1) is 22.6 Å². The third-order valence-corrected chi connectivity index (χ3v) is 3.51. The maximum Gasteiger partial charge on any atom is 0.173 e. The average Bonchev–Trinajstić information content (AvgIpc) is 2.91. The lowest BCUT2D eigenvalue weighted by Crippen LogP contribution is -2.01. The van der Waals surface area contributed by atoms with E-state index in [0.29, 0.717) is 11.1 Å². The van der Waals surface area contributed by atoms with Gasteiger partial charge in [0.05, 0.1) is 6.54 Å². The van der Waals surface area contributed by atoms with Gasteiger partial charge in [-0.1, -0.05) is 6.07 Å². The van der Waals surface area contributed by atoms with E-state index in [0.717, 1.165) is 17.0 Å². The lowest BCUT2D eigenvalue weighted by atomic mass is 10.1. The summed E-state index contributed by atoms with van der Waals surface area (Å²) in [6.07, 6.45) is 1.80. The van der Waals surface area contributed by atoms with E-state index in [4.69, 9.17) is 10.9 Å². The van der Waals surface area contributed by atoms with Gasteiger partial charge in [-0.15, -0.1) is 5.11 Å². The van der Waals surface area contributed by atoms with Crippen molar-refractivity contribution < 1.29 is 8.78 Å². The summed E-state index contributed by atoms with van der Waals surface area (Å²) in [6.45, 7) is 0.287. The molecular weight excluding hydrogens is 286 g/mol. The Balaban J connectivity index is 1.98. The number of fused-ring (bicyclic) bond motifs is 1. The minimum atomic E-state index is -0.596. The van der Waals surface area contributed by atoms with Gasteiger partial charge < -0.3 is 4.57 Å². The first kappa shape index (κ1) is 14.1. The highest BCUT2D eigenvalue weighted by Gasteiger charge is 2.08. The molecule has 1 aromatic heterocycles. The van der Waals surface area contributed by atoms with Crippen LogP contribution in [0.2, 0.25) is 0 Å². The lowest BCUT2D eigenvalue weighted by molar-refractivity contribution is 0.567. The van der Waals surface area contributed by atoms with Gasteiger partial charge >= 0.3 is 0 Å². The molecular formula is C16H12F2N4. The van der Waals surface area contributed by atoms with E-state index in [1.165, 1.54) is 12.1 Å². The van der Waals surface area contributed by atoms with Crippen molar-refractivity contribution in [2.24, 2.45) is 5.11 Å². The number of halogens is 2. The van der Waals surface area contributed by atoms with E-state index in [1.807, 2.05) is 10.6 Å². The van der Waals surface area contributed by atoms with E-state index >= 15 is 0 Å². The topological polar surface area (TPSA) is 65.0 Å². The van der Waals surface area contributed by atoms with Gasteiger partial charge in [-0.25, -0.2) is 14.3 Å². The molecule has 110 valence electrons. The molecule has 0 aliphatic carbocycles. The van der Waals surface area contributed by atoms with E-state index in [1.54, 1.807) is 24.4 Å². The molecule has 22 heavy (non-hydrogen) atoms. The Bertz CT molecular complexity index is 883. The molecule has 0 radical (unpaired) electrons. The van der Waals surface area contributed by atoms with Gasteiger partial charge in [0.15, 0.2) is 5.84 Å². The van der Waals surface area contributed by atoms with Crippen LogP contribution in [0.15, 0.2) is 53.8 Å². The number of hydrogen-bond acceptors (Lipinski definition) is 2. The zero-order valence-corrected chi connectivity index (χ0v) is 11.5. The van der Waals surface area contributed by atoms with Crippen LogP contribution in [0.5, 0.6) is 0 Å². The van der Waals surface area contributed by atoms with Crippen LogP contribution < -0.4 is 0 Å². The number of nitrogens with one attached hydrogen (secondary N) is 2. The third-order valence-electron chi connectivity index (χ3n) is 3.51. The maximum atomic E-state index is 13.7. The summed E-state index contributed by atoms with van der Waals surface area (Å²) in [5.74, 6) is -1.28. The molecule has 0 spiro atoms. The Morgan fingerprint density at radius 2 is 1.91 bits per heavy atom. The molecule has 0 amide bonds. The summed E-state index contributed by atoms with van der Waals surface area (Å²) < 4.78 is 28.5. The van der Waals surface area contributed by atoms with Gasteiger partial charge in [0.2, 0.25) is 0 Å². The zero-order valence-electron chi connectivity index (χ0n) is 11.5. The van der Waals surface area contributed by atoms with Gasteiger partial charge in [-0.05, 0) is 30.3 Å². The van der Waals surface area contributed by atoms with Crippen molar-refractivity contribution in [3.63, 3.8) is 0 Å². The first-order chi connectivity index (χ1) is 10.6. The first-order valence-electron chi connectivity index (χ1n) is 6.57. The van der Waals surface area contributed by atoms with Crippen molar-refractivity contribution >= 4 is 16.7 Å². The molecule has 0 atom stereocenters. The van der Waals surface area contributed by atoms with Gasteiger partial charge in [0.1, 0.15) is 11.6 Å². The monoisotopic (exact) mass is 298 g/mol. The second-order valence-corrected chi connectivity index (χ2v) is 4.91. The van der Waals surface area contributed by atoms with Gasteiger partial charge in [0, 0.05) is 34.3 Å². The lowest BCUT2D eigenvalue weighted by Gasteiger charge is -2.07. The Hall–Kier alpha value is -2.89. The Morgan fingerprint density at radius 3 is 2.64 bits per heavy atom. The Labute approximate surface area is 125 Å². The molecule has 0 fully saturated rings. The van der Waals surface area contributed by atoms with Crippen LogP contribution in [0.4, 0.5) is 8.78 Å². The standard InChI is InChI=1S/C16H12F2N4/c17-13-3-1-12(14(18)8-13)9-22-6-5-10-7-11(16(19)21-20)2-4-15(10)22/h1-8,19-20H,9H2. The van der Waals surface area contributed by atoms with Gasteiger partial charge in [0.25, 0.3) is 0 Å². The number of amidine groups is 1. The van der Waals surface area contributed by atoms with Crippen molar-refractivity contribution in [1.82, 2.24) is 4.57 Å². The molecule has 0 saturated carbocycles. The largest absolute Gasteiger partial charge is 0.343 e. The highest BCUT2D eigenvalue weighted by molar-refractivity contribution is 5.99.